The Labute approximate surface area is 391 Å². The maximum absolute atomic E-state index is 14.2. The second-order valence-corrected chi connectivity index (χ2v) is 17.2. The van der Waals surface area contributed by atoms with E-state index >= 15 is 0 Å². The van der Waals surface area contributed by atoms with Crippen LogP contribution in [0.3, 0.4) is 0 Å². The molecule has 2 heterocycles. The number of rotatable bonds is 13. The van der Waals surface area contributed by atoms with E-state index in [0.29, 0.717) is 67.7 Å². The molecule has 19 heteroatoms. The number of likely N-dealkylation sites (tertiary alicyclic amines) is 2. The predicted octanol–water partition coefficient (Wildman–Crippen LogP) is 6.43. The van der Waals surface area contributed by atoms with Crippen LogP contribution in [0.5, 0.6) is 0 Å². The molecule has 2 saturated heterocycles. The van der Waals surface area contributed by atoms with Gasteiger partial charge in [-0.25, -0.2) is 18.4 Å². The van der Waals surface area contributed by atoms with E-state index in [9.17, 15) is 45.9 Å². The second-order valence-electron chi connectivity index (χ2n) is 17.2. The Kier molecular flexibility index (Phi) is 20.0. The van der Waals surface area contributed by atoms with E-state index in [-0.39, 0.29) is 60.8 Å². The number of carboxylic acid groups (broad SMARTS) is 1. The van der Waals surface area contributed by atoms with E-state index in [2.05, 4.69) is 16.0 Å². The molecule has 0 bridgehead atoms. The second kappa shape index (κ2) is 25.3. The number of hydrogen-bond acceptors (Lipinski definition) is 8. The normalized spacial score (nSPS) is 16.4. The lowest BCUT2D eigenvalue weighted by Crippen LogP contribution is -2.44. The van der Waals surface area contributed by atoms with Crippen molar-refractivity contribution in [3.8, 4) is 0 Å². The Balaban J connectivity index is 0.000000265. The lowest BCUT2D eigenvalue weighted by Gasteiger charge is -2.25. The van der Waals surface area contributed by atoms with E-state index in [1.807, 2.05) is 24.3 Å². The van der Waals surface area contributed by atoms with Crippen molar-refractivity contribution in [3.05, 3.63) is 143 Å². The first kappa shape index (κ1) is 53.7. The van der Waals surface area contributed by atoms with Crippen molar-refractivity contribution in [3.63, 3.8) is 0 Å². The third-order valence-electron chi connectivity index (χ3n) is 10.5. The third-order valence-corrected chi connectivity index (χ3v) is 10.5. The molecule has 366 valence electrons. The first-order valence-corrected chi connectivity index (χ1v) is 21.9. The van der Waals surface area contributed by atoms with Crippen molar-refractivity contribution in [2.45, 2.75) is 95.2 Å². The van der Waals surface area contributed by atoms with Gasteiger partial charge in [-0.2, -0.15) is 13.2 Å². The first-order valence-electron chi connectivity index (χ1n) is 21.9. The van der Waals surface area contributed by atoms with Crippen LogP contribution in [0.25, 0.3) is 0 Å². The van der Waals surface area contributed by atoms with Crippen LogP contribution >= 0.6 is 0 Å². The van der Waals surface area contributed by atoms with Crippen molar-refractivity contribution < 1.29 is 60.6 Å². The number of halogens is 5. The number of hydrogen-bond donors (Lipinski definition) is 5. The van der Waals surface area contributed by atoms with E-state index in [0.717, 1.165) is 0 Å². The average molecular weight is 953 g/mol. The quantitative estimate of drug-likeness (QED) is 0.0937. The zero-order valence-electron chi connectivity index (χ0n) is 37.9. The summed E-state index contributed by atoms with van der Waals surface area (Å²) in [5, 5.41) is 15.8. The molecule has 6 N–H and O–H groups in total. The molecule has 0 aromatic heterocycles. The molecule has 6 rings (SSSR count). The fraction of sp³-hybridized carbons (Fsp3) is 0.388. The van der Waals surface area contributed by atoms with Gasteiger partial charge in [0, 0.05) is 74.3 Å². The maximum Gasteiger partial charge on any atom is 0.490 e. The smallest absolute Gasteiger partial charge is 0.475 e. The number of benzene rings is 4. The summed E-state index contributed by atoms with van der Waals surface area (Å²) >= 11 is 0. The van der Waals surface area contributed by atoms with Crippen LogP contribution in [0.15, 0.2) is 109 Å². The van der Waals surface area contributed by atoms with Gasteiger partial charge in [0.1, 0.15) is 17.2 Å². The molecule has 2 fully saturated rings. The molecule has 0 aliphatic carbocycles. The number of carbonyl (C=O) groups is 6. The van der Waals surface area contributed by atoms with Gasteiger partial charge in [0.25, 0.3) is 11.8 Å². The number of amides is 5. The van der Waals surface area contributed by atoms with Gasteiger partial charge in [-0.3, -0.25) is 19.2 Å². The van der Waals surface area contributed by atoms with Crippen LogP contribution in [0.2, 0.25) is 0 Å². The number of nitrogens with one attached hydrogen (secondary N) is 3. The summed E-state index contributed by atoms with van der Waals surface area (Å²) in [4.78, 5) is 74.8. The highest BCUT2D eigenvalue weighted by Gasteiger charge is 2.38. The largest absolute Gasteiger partial charge is 0.490 e. The third kappa shape index (κ3) is 18.4. The van der Waals surface area contributed by atoms with Gasteiger partial charge in [0.05, 0.1) is 0 Å². The molecular formula is C49H57F5N6O8. The SMILES string of the molecule is CC(C)(C)OC(=O)N[C@@H](CC(=O)N1CC[C@@H](NC(=O)c2ccccc2)C1)Cc1ccccc1F.N[C@@H](CC(=O)N1CC[C@@H](NC(=O)c2ccccc2)C1)Cc1ccccc1F.O=C(O)C(F)(F)F. The molecule has 14 nitrogen and oxygen atoms in total. The number of alkyl halides is 3. The van der Waals surface area contributed by atoms with Gasteiger partial charge in [0.2, 0.25) is 11.8 Å². The number of aliphatic carboxylic acids is 1. The number of carbonyl (C=O) groups excluding carboxylic acids is 5. The maximum atomic E-state index is 14.2. The monoisotopic (exact) mass is 952 g/mol. The van der Waals surface area contributed by atoms with Gasteiger partial charge < -0.3 is 41.3 Å². The molecular weight excluding hydrogens is 896 g/mol. The summed E-state index contributed by atoms with van der Waals surface area (Å²) in [6.07, 6.45) is -3.76. The standard InChI is InChI=1S/C26H32FN3O4.C21H24FN3O2.C2HF3O2/c1-26(2,3)34-25(33)29-21(15-19-11-7-8-12-22(19)27)16-23(31)30-14-13-20(17-30)28-24(32)18-9-5-4-6-10-18;22-19-9-5-4-8-16(19)12-17(23)13-20(26)25-11-10-18(14-25)24-21(27)15-6-2-1-3-7-15;3-2(4,5)1(6)7/h4-12,20-21H,13-17H2,1-3H3,(H,28,32)(H,29,33);1-9,17-18H,10-14,23H2,(H,24,27);(H,6,7)/t20-,21-;17-,18-;/m11./s1. The molecule has 0 unspecified atom stereocenters. The summed E-state index contributed by atoms with van der Waals surface area (Å²) in [6.45, 7) is 7.19. The summed E-state index contributed by atoms with van der Waals surface area (Å²) in [5.41, 5.74) is 7.45. The van der Waals surface area contributed by atoms with Gasteiger partial charge >= 0.3 is 18.2 Å². The Morgan fingerprint density at radius 3 is 1.47 bits per heavy atom. The minimum Gasteiger partial charge on any atom is -0.475 e. The van der Waals surface area contributed by atoms with E-state index in [1.54, 1.807) is 103 Å². The Bertz CT molecular complexity index is 2320. The van der Waals surface area contributed by atoms with Crippen molar-refractivity contribution in [1.29, 1.82) is 0 Å². The van der Waals surface area contributed by atoms with Crippen molar-refractivity contribution >= 4 is 35.7 Å². The van der Waals surface area contributed by atoms with Crippen LogP contribution in [0.1, 0.15) is 78.3 Å². The Morgan fingerprint density at radius 1 is 0.662 bits per heavy atom. The highest BCUT2D eigenvalue weighted by Crippen LogP contribution is 2.18. The lowest BCUT2D eigenvalue weighted by molar-refractivity contribution is -0.192. The molecule has 4 aromatic carbocycles. The summed E-state index contributed by atoms with van der Waals surface area (Å²) in [7, 11) is 0. The van der Waals surface area contributed by atoms with Crippen molar-refractivity contribution in [2.24, 2.45) is 5.73 Å². The topological polar surface area (TPSA) is 200 Å². The van der Waals surface area contributed by atoms with Crippen LogP contribution in [0.4, 0.5) is 26.7 Å². The zero-order chi connectivity index (χ0) is 50.0. The molecule has 68 heavy (non-hydrogen) atoms. The molecule has 2 aliphatic rings. The summed E-state index contributed by atoms with van der Waals surface area (Å²) < 4.78 is 65.0. The molecule has 2 aliphatic heterocycles. The number of ether oxygens (including phenoxy) is 1. The van der Waals surface area contributed by atoms with Gasteiger partial charge in [-0.15, -0.1) is 0 Å². The molecule has 5 amide bonds. The fourth-order valence-electron chi connectivity index (χ4n) is 7.22. The number of nitrogens with two attached hydrogens (primary N) is 1. The molecule has 4 atom stereocenters. The summed E-state index contributed by atoms with van der Waals surface area (Å²) in [5.74, 6) is -3.99. The number of carboxylic acids is 1. The van der Waals surface area contributed by atoms with Gasteiger partial charge in [-0.05, 0) is 94.0 Å². The van der Waals surface area contributed by atoms with E-state index < -0.39 is 41.7 Å². The van der Waals surface area contributed by atoms with Crippen LogP contribution in [0, 0.1) is 11.6 Å². The summed E-state index contributed by atoms with van der Waals surface area (Å²) in [6, 6.07) is 29.4. The number of nitrogens with zero attached hydrogens (tertiary/aromatic N) is 2. The molecule has 0 spiro atoms. The molecule has 0 saturated carbocycles. The zero-order valence-corrected chi connectivity index (χ0v) is 37.9. The minimum absolute atomic E-state index is 0.00702. The highest BCUT2D eigenvalue weighted by molar-refractivity contribution is 5.95. The van der Waals surface area contributed by atoms with Crippen LogP contribution in [-0.2, 0) is 32.0 Å². The fourth-order valence-corrected chi connectivity index (χ4v) is 7.22. The van der Waals surface area contributed by atoms with Crippen molar-refractivity contribution in [2.75, 3.05) is 26.2 Å². The highest BCUT2D eigenvalue weighted by atomic mass is 19.4. The molecule has 4 aromatic rings. The molecule has 0 radical (unpaired) electrons. The first-order chi connectivity index (χ1) is 32.1. The van der Waals surface area contributed by atoms with Gasteiger partial charge in [-0.1, -0.05) is 72.8 Å². The van der Waals surface area contributed by atoms with Crippen LogP contribution < -0.4 is 21.7 Å². The van der Waals surface area contributed by atoms with Crippen molar-refractivity contribution in [1.82, 2.24) is 25.8 Å². The number of alkyl carbamates (subject to hydrolysis) is 1. The van der Waals surface area contributed by atoms with Gasteiger partial charge in [0.15, 0.2) is 0 Å². The van der Waals surface area contributed by atoms with E-state index in [4.69, 9.17) is 20.4 Å². The predicted molar refractivity (Wildman–Crippen MR) is 242 cm³/mol. The Hall–Kier alpha value is -6.89. The van der Waals surface area contributed by atoms with Crippen LogP contribution in [-0.4, -0.2) is 113 Å². The van der Waals surface area contributed by atoms with E-state index in [1.165, 1.54) is 12.1 Å². The average Bonchev–Trinajstić information content (AvgIpc) is 3.96. The Morgan fingerprint density at radius 2 is 1.06 bits per heavy atom. The minimum atomic E-state index is -5.08. The lowest BCUT2D eigenvalue weighted by atomic mass is 10.0.